The summed E-state index contributed by atoms with van der Waals surface area (Å²) in [4.78, 5) is 0. The van der Waals surface area contributed by atoms with Gasteiger partial charge in [-0.3, -0.25) is 0 Å². The van der Waals surface area contributed by atoms with Crippen molar-refractivity contribution in [1.29, 1.82) is 0 Å². The minimum absolute atomic E-state index is 0.935. The van der Waals surface area contributed by atoms with Crippen LogP contribution in [0.2, 0.25) is 0 Å². The molecule has 0 aromatic carbocycles. The molecule has 93 valence electrons. The summed E-state index contributed by atoms with van der Waals surface area (Å²) in [7, 11) is 1.38. The summed E-state index contributed by atoms with van der Waals surface area (Å²) in [6.45, 7) is 16.5. The molecule has 0 unspecified atom stereocenters. The van der Waals surface area contributed by atoms with Gasteiger partial charge < -0.3 is 0 Å². The van der Waals surface area contributed by atoms with Gasteiger partial charge in [0.1, 0.15) is 0 Å². The van der Waals surface area contributed by atoms with E-state index in [1.807, 2.05) is 0 Å². The van der Waals surface area contributed by atoms with E-state index in [2.05, 4.69) is 82.1 Å². The van der Waals surface area contributed by atoms with Gasteiger partial charge in [-0.25, -0.2) is 0 Å². The van der Waals surface area contributed by atoms with E-state index in [0.717, 1.165) is 29.6 Å². The fraction of sp³-hybridized carbons (Fsp3) is 0.909. The van der Waals surface area contributed by atoms with Crippen LogP contribution in [0.3, 0.4) is 0 Å². The summed E-state index contributed by atoms with van der Waals surface area (Å²) in [5.74, 6) is 4.68. The van der Waals surface area contributed by atoms with Crippen LogP contribution in [0.5, 0.6) is 0 Å². The summed E-state index contributed by atoms with van der Waals surface area (Å²) in [5.41, 5.74) is 0. The fourth-order valence-electron chi connectivity index (χ4n) is 2.39. The van der Waals surface area contributed by atoms with E-state index in [-0.39, 0.29) is 0 Å². The zero-order valence-electron chi connectivity index (χ0n) is 9.88. The molecular formula is C11H20CoI2O. The molecule has 1 aliphatic rings. The Hall–Kier alpha value is 1.71. The van der Waals surface area contributed by atoms with Crippen LogP contribution in [0.25, 0.3) is 0 Å². The first-order valence-corrected chi connectivity index (χ1v) is 11.7. The SMILES string of the molecule is CC1C(C)C(C)C(C)C1C.[C-]#[O+].[I][Co][I]. The Labute approximate surface area is 123 Å². The summed E-state index contributed by atoms with van der Waals surface area (Å²) in [6, 6.07) is 0. The first-order valence-electron chi connectivity index (χ1n) is 5.01. The molecule has 1 saturated carbocycles. The van der Waals surface area contributed by atoms with Crippen LogP contribution in [0.15, 0.2) is 0 Å². The predicted octanol–water partition coefficient (Wildman–Crippen LogP) is 4.91. The quantitative estimate of drug-likeness (QED) is 0.267. The van der Waals surface area contributed by atoms with E-state index in [1.54, 1.807) is 0 Å². The van der Waals surface area contributed by atoms with Crippen molar-refractivity contribution < 1.29 is 12.9 Å². The van der Waals surface area contributed by atoms with Gasteiger partial charge in [0, 0.05) is 0 Å². The van der Waals surface area contributed by atoms with Crippen LogP contribution in [0.4, 0.5) is 0 Å². The van der Waals surface area contributed by atoms with Crippen molar-refractivity contribution in [3.05, 3.63) is 6.65 Å². The third-order valence-corrected chi connectivity index (χ3v) is 4.15. The Morgan fingerprint density at radius 2 is 0.800 bits per heavy atom. The Morgan fingerprint density at radius 1 is 0.733 bits per heavy atom. The summed E-state index contributed by atoms with van der Waals surface area (Å²) in [5, 5.41) is 0. The second-order valence-electron chi connectivity index (χ2n) is 4.34. The third-order valence-electron chi connectivity index (χ3n) is 4.15. The fourth-order valence-corrected chi connectivity index (χ4v) is 2.39. The number of hydrogen-bond donors (Lipinski definition) is 0. The molecule has 0 spiro atoms. The van der Waals surface area contributed by atoms with Gasteiger partial charge in [-0.2, -0.15) is 0 Å². The zero-order chi connectivity index (χ0) is 12.6. The van der Waals surface area contributed by atoms with E-state index in [4.69, 9.17) is 4.65 Å². The first-order chi connectivity index (χ1) is 6.97. The molecule has 1 nitrogen and oxygen atoms in total. The molecule has 0 N–H and O–H groups in total. The van der Waals surface area contributed by atoms with E-state index < -0.39 is 0 Å². The van der Waals surface area contributed by atoms with Crippen LogP contribution >= 0.6 is 40.8 Å². The van der Waals surface area contributed by atoms with Gasteiger partial charge in [0.15, 0.2) is 0 Å². The predicted molar refractivity (Wildman–Crippen MR) is 77.8 cm³/mol. The number of hydrogen-bond acceptors (Lipinski definition) is 0. The average molecular weight is 481 g/mol. The maximum absolute atomic E-state index is 7.50. The first kappa shape index (κ1) is 19.1. The molecule has 0 aromatic heterocycles. The second-order valence-corrected chi connectivity index (χ2v) is 13.1. The Bertz CT molecular complexity index is 130. The molecule has 0 atom stereocenters. The molecule has 0 radical (unpaired) electrons. The topological polar surface area (TPSA) is 19.9 Å². The van der Waals surface area contributed by atoms with E-state index in [1.165, 1.54) is 8.26 Å². The molecule has 0 aromatic rings. The molecule has 4 heteroatoms. The molecule has 1 aliphatic carbocycles. The van der Waals surface area contributed by atoms with Gasteiger partial charge in [0.2, 0.25) is 0 Å². The van der Waals surface area contributed by atoms with Crippen molar-refractivity contribution in [3.63, 3.8) is 0 Å². The van der Waals surface area contributed by atoms with Crippen molar-refractivity contribution in [1.82, 2.24) is 0 Å². The number of rotatable bonds is 0. The Kier molecular flexibility index (Phi) is 13.8. The average Bonchev–Trinajstić information content (AvgIpc) is 2.41. The molecular weight excluding hydrogens is 461 g/mol. The summed E-state index contributed by atoms with van der Waals surface area (Å²) < 4.78 is 7.50. The molecule has 0 saturated heterocycles. The molecule has 0 aliphatic heterocycles. The normalized spacial score (nSPS) is 38.6. The van der Waals surface area contributed by atoms with Gasteiger partial charge >= 0.3 is 60.4 Å². The molecule has 0 heterocycles. The second kappa shape index (κ2) is 10.8. The van der Waals surface area contributed by atoms with Crippen LogP contribution in [0.1, 0.15) is 34.6 Å². The van der Waals surface area contributed by atoms with Crippen molar-refractivity contribution >= 4 is 40.8 Å². The monoisotopic (exact) mass is 481 g/mol. The van der Waals surface area contributed by atoms with Gasteiger partial charge in [0.25, 0.3) is 0 Å². The third kappa shape index (κ3) is 6.26. The van der Waals surface area contributed by atoms with Gasteiger partial charge in [-0.1, -0.05) is 34.6 Å². The molecule has 1 fully saturated rings. The standard InChI is InChI=1S/C10H20.CO.Co.2HI/c1-6-7(2)9(4)10(5)8(6)3;1-2;;;/h6-10H,1-5H3;;;2*1H/q;;+2;;/p-2. The molecule has 0 amide bonds. The van der Waals surface area contributed by atoms with E-state index in [9.17, 15) is 0 Å². The van der Waals surface area contributed by atoms with Crippen LogP contribution < -0.4 is 0 Å². The van der Waals surface area contributed by atoms with Crippen LogP contribution in [-0.2, 0) is 12.9 Å². The van der Waals surface area contributed by atoms with Crippen LogP contribution in [0, 0.1) is 36.2 Å². The Balaban J connectivity index is 0. The minimum atomic E-state index is 0.935. The summed E-state index contributed by atoms with van der Waals surface area (Å²) >= 11 is 4.49. The van der Waals surface area contributed by atoms with Crippen molar-refractivity contribution in [2.24, 2.45) is 29.6 Å². The van der Waals surface area contributed by atoms with Crippen molar-refractivity contribution in [2.75, 3.05) is 0 Å². The molecule has 15 heavy (non-hydrogen) atoms. The van der Waals surface area contributed by atoms with Crippen molar-refractivity contribution in [3.8, 4) is 0 Å². The zero-order valence-corrected chi connectivity index (χ0v) is 15.2. The Morgan fingerprint density at radius 3 is 0.867 bits per heavy atom. The summed E-state index contributed by atoms with van der Waals surface area (Å²) in [6.07, 6.45) is 0. The van der Waals surface area contributed by atoms with E-state index in [0.29, 0.717) is 0 Å². The van der Waals surface area contributed by atoms with Gasteiger partial charge in [-0.15, -0.1) is 0 Å². The molecule has 1 rings (SSSR count). The van der Waals surface area contributed by atoms with E-state index >= 15 is 0 Å². The van der Waals surface area contributed by atoms with Crippen LogP contribution in [-0.4, -0.2) is 0 Å². The van der Waals surface area contributed by atoms with Gasteiger partial charge in [-0.05, 0) is 29.6 Å². The number of halogens is 2. The molecule has 0 bridgehead atoms. The van der Waals surface area contributed by atoms with Gasteiger partial charge in [0.05, 0.1) is 0 Å². The van der Waals surface area contributed by atoms with Crippen molar-refractivity contribution in [2.45, 2.75) is 34.6 Å². The maximum atomic E-state index is 7.50.